The lowest BCUT2D eigenvalue weighted by Crippen LogP contribution is -2.03. The highest BCUT2D eigenvalue weighted by molar-refractivity contribution is 5.49. The number of non-ortho nitro benzene ring substituents is 2. The molecule has 0 N–H and O–H groups in total. The monoisotopic (exact) mass is 416 g/mol. The molecule has 8 heteroatoms. The van der Waals surface area contributed by atoms with E-state index in [9.17, 15) is 20.2 Å². The van der Waals surface area contributed by atoms with Gasteiger partial charge in [-0.05, 0) is 75.6 Å². The second kappa shape index (κ2) is 10.6. The second-order valence-corrected chi connectivity index (χ2v) is 7.44. The standard InChI is InChI=1S/C22H28N2O6/c1-15-11-19(23(25)26)12-16(2)21(15)29-9-7-5-6-8-10-30-22-17(3)13-20(24(27)28)14-18(22)4/h11-14H,5-10H2,1-4H3. The van der Waals surface area contributed by atoms with Crippen LogP contribution in [-0.4, -0.2) is 23.1 Å². The third-order valence-corrected chi connectivity index (χ3v) is 4.84. The van der Waals surface area contributed by atoms with Crippen LogP contribution >= 0.6 is 0 Å². The third-order valence-electron chi connectivity index (χ3n) is 4.84. The number of benzene rings is 2. The number of hydrogen-bond acceptors (Lipinski definition) is 6. The van der Waals surface area contributed by atoms with Crippen LogP contribution in [0.4, 0.5) is 11.4 Å². The highest BCUT2D eigenvalue weighted by Crippen LogP contribution is 2.29. The molecule has 8 nitrogen and oxygen atoms in total. The number of nitro groups is 2. The largest absolute Gasteiger partial charge is 0.493 e. The minimum atomic E-state index is -0.397. The van der Waals surface area contributed by atoms with E-state index in [1.54, 1.807) is 0 Å². The molecule has 0 heterocycles. The predicted octanol–water partition coefficient (Wildman–Crippen LogP) is 5.75. The molecule has 0 unspecified atom stereocenters. The minimum Gasteiger partial charge on any atom is -0.493 e. The molecule has 2 aromatic rings. The summed E-state index contributed by atoms with van der Waals surface area (Å²) in [6.07, 6.45) is 3.72. The molecule has 0 fully saturated rings. The van der Waals surface area contributed by atoms with Crippen molar-refractivity contribution in [2.45, 2.75) is 53.4 Å². The quantitative estimate of drug-likeness (QED) is 0.262. The first-order valence-electron chi connectivity index (χ1n) is 9.97. The number of aryl methyl sites for hydroxylation is 4. The lowest BCUT2D eigenvalue weighted by Gasteiger charge is -2.13. The van der Waals surface area contributed by atoms with E-state index in [0.29, 0.717) is 24.7 Å². The molecule has 162 valence electrons. The Labute approximate surface area is 176 Å². The zero-order chi connectivity index (χ0) is 22.3. The van der Waals surface area contributed by atoms with Gasteiger partial charge in [-0.1, -0.05) is 0 Å². The van der Waals surface area contributed by atoms with Crippen LogP contribution in [0.3, 0.4) is 0 Å². The molecule has 0 radical (unpaired) electrons. The summed E-state index contributed by atoms with van der Waals surface area (Å²) in [5.41, 5.74) is 3.23. The maximum atomic E-state index is 10.9. The number of nitro benzene ring substituents is 2. The Balaban J connectivity index is 1.70. The lowest BCUT2D eigenvalue weighted by molar-refractivity contribution is -0.385. The molecule has 2 aromatic carbocycles. The fraction of sp³-hybridized carbons (Fsp3) is 0.455. The topological polar surface area (TPSA) is 105 Å². The first-order chi connectivity index (χ1) is 14.2. The first-order valence-corrected chi connectivity index (χ1v) is 9.97. The normalized spacial score (nSPS) is 10.7. The highest BCUT2D eigenvalue weighted by Gasteiger charge is 2.14. The van der Waals surface area contributed by atoms with Gasteiger partial charge in [0.1, 0.15) is 11.5 Å². The van der Waals surface area contributed by atoms with E-state index >= 15 is 0 Å². The van der Waals surface area contributed by atoms with Crippen molar-refractivity contribution in [1.82, 2.24) is 0 Å². The fourth-order valence-corrected chi connectivity index (χ4v) is 3.43. The van der Waals surface area contributed by atoms with Gasteiger partial charge in [-0.15, -0.1) is 0 Å². The van der Waals surface area contributed by atoms with Gasteiger partial charge in [0, 0.05) is 24.3 Å². The molecule has 0 saturated heterocycles. The molecular formula is C22H28N2O6. The van der Waals surface area contributed by atoms with Gasteiger partial charge in [0.05, 0.1) is 23.1 Å². The number of rotatable bonds is 11. The van der Waals surface area contributed by atoms with Crippen LogP contribution in [0.2, 0.25) is 0 Å². The molecule has 0 aromatic heterocycles. The van der Waals surface area contributed by atoms with Crippen molar-refractivity contribution < 1.29 is 19.3 Å². The summed E-state index contributed by atoms with van der Waals surface area (Å²) >= 11 is 0. The van der Waals surface area contributed by atoms with Crippen molar-refractivity contribution in [2.24, 2.45) is 0 Å². The summed E-state index contributed by atoms with van der Waals surface area (Å²) in [7, 11) is 0. The van der Waals surface area contributed by atoms with Gasteiger partial charge in [0.25, 0.3) is 11.4 Å². The van der Waals surface area contributed by atoms with Gasteiger partial charge < -0.3 is 9.47 Å². The van der Waals surface area contributed by atoms with Crippen molar-refractivity contribution in [1.29, 1.82) is 0 Å². The van der Waals surface area contributed by atoms with Gasteiger partial charge in [0.2, 0.25) is 0 Å². The van der Waals surface area contributed by atoms with Gasteiger partial charge in [-0.25, -0.2) is 0 Å². The number of nitrogens with zero attached hydrogens (tertiary/aromatic N) is 2. The van der Waals surface area contributed by atoms with Crippen LogP contribution < -0.4 is 9.47 Å². The van der Waals surface area contributed by atoms with Crippen LogP contribution in [0.5, 0.6) is 11.5 Å². The van der Waals surface area contributed by atoms with Crippen LogP contribution in [0.1, 0.15) is 47.9 Å². The Bertz CT molecular complexity index is 804. The van der Waals surface area contributed by atoms with Gasteiger partial charge in [-0.2, -0.15) is 0 Å². The average Bonchev–Trinajstić information content (AvgIpc) is 2.66. The zero-order valence-corrected chi connectivity index (χ0v) is 17.9. The van der Waals surface area contributed by atoms with Crippen molar-refractivity contribution >= 4 is 11.4 Å². The van der Waals surface area contributed by atoms with Crippen molar-refractivity contribution in [3.05, 3.63) is 66.7 Å². The Hall–Kier alpha value is -3.16. The van der Waals surface area contributed by atoms with Gasteiger partial charge >= 0.3 is 0 Å². The Morgan fingerprint density at radius 2 is 0.933 bits per heavy atom. The predicted molar refractivity (Wildman–Crippen MR) is 115 cm³/mol. The van der Waals surface area contributed by atoms with E-state index < -0.39 is 9.85 Å². The third kappa shape index (κ3) is 6.17. The molecule has 0 spiro atoms. The molecule has 0 atom stereocenters. The average molecular weight is 416 g/mol. The highest BCUT2D eigenvalue weighted by atomic mass is 16.6. The van der Waals surface area contributed by atoms with E-state index in [1.807, 2.05) is 27.7 Å². The molecule has 0 aliphatic rings. The van der Waals surface area contributed by atoms with E-state index in [0.717, 1.165) is 47.9 Å². The smallest absolute Gasteiger partial charge is 0.270 e. The SMILES string of the molecule is Cc1cc([N+](=O)[O-])cc(C)c1OCCCCCCOc1c(C)cc([N+](=O)[O-])cc1C. The first kappa shape index (κ1) is 23.1. The minimum absolute atomic E-state index is 0.0795. The summed E-state index contributed by atoms with van der Waals surface area (Å²) in [6.45, 7) is 8.37. The van der Waals surface area contributed by atoms with E-state index in [4.69, 9.17) is 9.47 Å². The summed E-state index contributed by atoms with van der Waals surface area (Å²) in [4.78, 5) is 21.0. The van der Waals surface area contributed by atoms with Crippen molar-refractivity contribution in [2.75, 3.05) is 13.2 Å². The summed E-state index contributed by atoms with van der Waals surface area (Å²) in [5.74, 6) is 1.43. The van der Waals surface area contributed by atoms with Crippen LogP contribution in [0.15, 0.2) is 24.3 Å². The van der Waals surface area contributed by atoms with E-state index in [2.05, 4.69) is 0 Å². The van der Waals surface area contributed by atoms with Gasteiger partial charge in [-0.3, -0.25) is 20.2 Å². The Morgan fingerprint density at radius 3 is 1.20 bits per heavy atom. The molecule has 0 aliphatic heterocycles. The zero-order valence-electron chi connectivity index (χ0n) is 17.9. The summed E-state index contributed by atoms with van der Waals surface area (Å²) in [5, 5.41) is 21.8. The van der Waals surface area contributed by atoms with Crippen molar-refractivity contribution in [3.8, 4) is 11.5 Å². The molecular weight excluding hydrogens is 388 g/mol. The van der Waals surface area contributed by atoms with Crippen LogP contribution in [-0.2, 0) is 0 Å². The van der Waals surface area contributed by atoms with Crippen LogP contribution in [0.25, 0.3) is 0 Å². The molecule has 0 aliphatic carbocycles. The fourth-order valence-electron chi connectivity index (χ4n) is 3.43. The maximum absolute atomic E-state index is 10.9. The second-order valence-electron chi connectivity index (χ2n) is 7.44. The molecule has 30 heavy (non-hydrogen) atoms. The molecule has 0 amide bonds. The van der Waals surface area contributed by atoms with Crippen molar-refractivity contribution in [3.63, 3.8) is 0 Å². The molecule has 0 bridgehead atoms. The molecule has 2 rings (SSSR count). The van der Waals surface area contributed by atoms with Crippen LogP contribution in [0, 0.1) is 47.9 Å². The van der Waals surface area contributed by atoms with E-state index in [-0.39, 0.29) is 11.4 Å². The molecule has 0 saturated carbocycles. The van der Waals surface area contributed by atoms with E-state index in [1.165, 1.54) is 24.3 Å². The lowest BCUT2D eigenvalue weighted by atomic mass is 10.1. The summed E-state index contributed by atoms with van der Waals surface area (Å²) < 4.78 is 11.7. The summed E-state index contributed by atoms with van der Waals surface area (Å²) in [6, 6.07) is 6.12. The Kier molecular flexibility index (Phi) is 8.15. The number of unbranched alkanes of at least 4 members (excludes halogenated alkanes) is 3. The van der Waals surface area contributed by atoms with Gasteiger partial charge in [0.15, 0.2) is 0 Å². The Morgan fingerprint density at radius 1 is 0.633 bits per heavy atom. The number of ether oxygens (including phenoxy) is 2. The maximum Gasteiger partial charge on any atom is 0.270 e. The number of hydrogen-bond donors (Lipinski definition) is 0.